The van der Waals surface area contributed by atoms with Gasteiger partial charge in [0, 0.05) is 39.3 Å². The number of hydrogen-bond acceptors (Lipinski definition) is 6. The Morgan fingerprint density at radius 2 is 2.11 bits per heavy atom. The van der Waals surface area contributed by atoms with Crippen LogP contribution in [0.5, 0.6) is 0 Å². The summed E-state index contributed by atoms with van der Waals surface area (Å²) in [5, 5.41) is 2.99. The molecule has 1 atom stereocenters. The summed E-state index contributed by atoms with van der Waals surface area (Å²) < 4.78 is 25.3. The summed E-state index contributed by atoms with van der Waals surface area (Å²) in [5.41, 5.74) is 2.44. The van der Waals surface area contributed by atoms with E-state index in [1.807, 2.05) is 6.20 Å². The first-order valence-electron chi connectivity index (χ1n) is 11.8. The van der Waals surface area contributed by atoms with Crippen molar-refractivity contribution in [2.75, 3.05) is 19.8 Å². The Labute approximate surface area is 207 Å². The van der Waals surface area contributed by atoms with Crippen LogP contribution in [0.2, 0.25) is 5.02 Å². The van der Waals surface area contributed by atoms with E-state index in [0.717, 1.165) is 49.6 Å². The second-order valence-corrected chi connectivity index (χ2v) is 9.43. The number of urea groups is 1. The maximum atomic E-state index is 14.2. The van der Waals surface area contributed by atoms with Gasteiger partial charge in [-0.1, -0.05) is 17.7 Å². The smallest absolute Gasteiger partial charge is 0.318 e. The van der Waals surface area contributed by atoms with E-state index in [9.17, 15) is 9.18 Å². The third-order valence-electron chi connectivity index (χ3n) is 6.56. The molecule has 1 unspecified atom stereocenters. The number of nitrogens with zero attached hydrogens (tertiary/aromatic N) is 4. The van der Waals surface area contributed by atoms with Crippen molar-refractivity contribution < 1.29 is 18.3 Å². The molecule has 35 heavy (non-hydrogen) atoms. The second-order valence-electron chi connectivity index (χ2n) is 9.03. The molecule has 0 spiro atoms. The minimum absolute atomic E-state index is 0.0106. The third kappa shape index (κ3) is 5.46. The molecule has 2 aliphatic rings. The molecule has 1 aromatic carbocycles. The number of oxazole rings is 1. The van der Waals surface area contributed by atoms with Crippen molar-refractivity contribution in [3.8, 4) is 0 Å². The molecular formula is C25H27ClFN5O3. The lowest BCUT2D eigenvalue weighted by atomic mass is 9.96. The van der Waals surface area contributed by atoms with Crippen LogP contribution in [0.15, 0.2) is 35.0 Å². The quantitative estimate of drug-likeness (QED) is 0.559. The van der Waals surface area contributed by atoms with Gasteiger partial charge in [-0.2, -0.15) is 0 Å². The van der Waals surface area contributed by atoms with E-state index < -0.39 is 11.9 Å². The molecule has 1 saturated heterocycles. The molecule has 2 aromatic heterocycles. The zero-order valence-electron chi connectivity index (χ0n) is 19.5. The maximum absolute atomic E-state index is 14.2. The summed E-state index contributed by atoms with van der Waals surface area (Å²) >= 11 is 5.86. The van der Waals surface area contributed by atoms with E-state index in [-0.39, 0.29) is 11.1 Å². The predicted molar refractivity (Wildman–Crippen MR) is 126 cm³/mol. The molecule has 5 rings (SSSR count). The first-order chi connectivity index (χ1) is 17.0. The van der Waals surface area contributed by atoms with E-state index in [4.69, 9.17) is 25.7 Å². The number of ether oxygens (including phenoxy) is 1. The summed E-state index contributed by atoms with van der Waals surface area (Å²) in [6.07, 6.45) is 6.95. The number of carbonyl (C=O) groups excluding carboxylic acids is 1. The number of aryl methyl sites for hydroxylation is 1. The number of hydrogen-bond donors (Lipinski definition) is 1. The molecule has 2 aliphatic heterocycles. The van der Waals surface area contributed by atoms with E-state index >= 15 is 0 Å². The molecule has 2 amide bonds. The number of amides is 2. The van der Waals surface area contributed by atoms with Crippen LogP contribution in [0.4, 0.5) is 9.18 Å². The van der Waals surface area contributed by atoms with Crippen molar-refractivity contribution in [3.05, 3.63) is 75.7 Å². The van der Waals surface area contributed by atoms with E-state index in [0.29, 0.717) is 42.6 Å². The highest BCUT2D eigenvalue weighted by molar-refractivity contribution is 6.30. The van der Waals surface area contributed by atoms with Crippen LogP contribution < -0.4 is 5.32 Å². The van der Waals surface area contributed by atoms with Gasteiger partial charge in [-0.05, 0) is 48.4 Å². The second kappa shape index (κ2) is 10.3. The van der Waals surface area contributed by atoms with Gasteiger partial charge < -0.3 is 19.4 Å². The molecule has 10 heteroatoms. The van der Waals surface area contributed by atoms with Crippen molar-refractivity contribution in [2.24, 2.45) is 5.92 Å². The number of fused-ring (bicyclic) bond motifs is 1. The van der Waals surface area contributed by atoms with Crippen LogP contribution in [0.25, 0.3) is 0 Å². The topological polar surface area (TPSA) is 93.4 Å². The number of rotatable bonds is 5. The van der Waals surface area contributed by atoms with Gasteiger partial charge in [0.05, 0.1) is 23.5 Å². The SMILES string of the molecule is Cc1ncc(C(NC(=O)N2CCc3cnc(CC4CCOCC4)nc3C2)c2ccc(Cl)c(F)c2)o1. The number of carbonyl (C=O) groups is 1. The number of halogens is 2. The van der Waals surface area contributed by atoms with E-state index in [2.05, 4.69) is 15.3 Å². The third-order valence-corrected chi connectivity index (χ3v) is 6.87. The maximum Gasteiger partial charge on any atom is 0.318 e. The fraction of sp³-hybridized carbons (Fsp3) is 0.440. The molecule has 0 bridgehead atoms. The minimum Gasteiger partial charge on any atom is -0.443 e. The van der Waals surface area contributed by atoms with Crippen LogP contribution in [-0.2, 0) is 24.1 Å². The molecule has 1 N–H and O–H groups in total. The van der Waals surface area contributed by atoms with Crippen LogP contribution >= 0.6 is 11.6 Å². The molecular weight excluding hydrogens is 473 g/mol. The van der Waals surface area contributed by atoms with Gasteiger partial charge >= 0.3 is 6.03 Å². The summed E-state index contributed by atoms with van der Waals surface area (Å²) in [6, 6.07) is 3.41. The standard InChI is InChI=1S/C25H27ClFN5O3/c1-15-28-13-22(35-15)24(17-2-3-19(26)20(27)11-17)31-25(33)32-7-4-18-12-29-23(30-21(18)14-32)10-16-5-8-34-9-6-16/h2-3,11-13,16,24H,4-10,14H2,1H3,(H,31,33). The van der Waals surface area contributed by atoms with Gasteiger partial charge in [0.1, 0.15) is 17.7 Å². The molecule has 0 radical (unpaired) electrons. The number of benzene rings is 1. The highest BCUT2D eigenvalue weighted by atomic mass is 35.5. The molecule has 8 nitrogen and oxygen atoms in total. The lowest BCUT2D eigenvalue weighted by Crippen LogP contribution is -2.44. The lowest BCUT2D eigenvalue weighted by Gasteiger charge is -2.30. The van der Waals surface area contributed by atoms with Gasteiger partial charge in [-0.15, -0.1) is 0 Å². The molecule has 0 aliphatic carbocycles. The summed E-state index contributed by atoms with van der Waals surface area (Å²) in [5.74, 6) is 1.63. The highest BCUT2D eigenvalue weighted by Crippen LogP contribution is 2.27. The first kappa shape index (κ1) is 23.7. The van der Waals surface area contributed by atoms with Crippen LogP contribution in [0.3, 0.4) is 0 Å². The highest BCUT2D eigenvalue weighted by Gasteiger charge is 2.28. The summed E-state index contributed by atoms with van der Waals surface area (Å²) in [7, 11) is 0. The fourth-order valence-corrected chi connectivity index (χ4v) is 4.68. The Morgan fingerprint density at radius 1 is 1.29 bits per heavy atom. The Balaban J connectivity index is 1.32. The van der Waals surface area contributed by atoms with Gasteiger partial charge in [-0.3, -0.25) is 0 Å². The monoisotopic (exact) mass is 499 g/mol. The fourth-order valence-electron chi connectivity index (χ4n) is 4.56. The molecule has 4 heterocycles. The Hall–Kier alpha value is -3.04. The van der Waals surface area contributed by atoms with Crippen LogP contribution in [0, 0.1) is 18.7 Å². The van der Waals surface area contributed by atoms with Crippen molar-refractivity contribution >= 4 is 17.6 Å². The summed E-state index contributed by atoms with van der Waals surface area (Å²) in [6.45, 7) is 4.18. The van der Waals surface area contributed by atoms with Gasteiger partial charge in [0.2, 0.25) is 0 Å². The van der Waals surface area contributed by atoms with Crippen molar-refractivity contribution in [1.82, 2.24) is 25.2 Å². The van der Waals surface area contributed by atoms with Crippen molar-refractivity contribution in [2.45, 2.75) is 45.2 Å². The Kier molecular flexibility index (Phi) is 6.97. The molecule has 1 fully saturated rings. The van der Waals surface area contributed by atoms with Crippen LogP contribution in [0.1, 0.15) is 53.2 Å². The molecule has 184 valence electrons. The Morgan fingerprint density at radius 3 is 2.86 bits per heavy atom. The zero-order chi connectivity index (χ0) is 24.4. The number of aromatic nitrogens is 3. The van der Waals surface area contributed by atoms with E-state index in [1.54, 1.807) is 17.9 Å². The lowest BCUT2D eigenvalue weighted by molar-refractivity contribution is 0.0659. The normalized spacial score (nSPS) is 17.2. The zero-order valence-corrected chi connectivity index (χ0v) is 20.2. The van der Waals surface area contributed by atoms with Crippen LogP contribution in [-0.4, -0.2) is 45.6 Å². The van der Waals surface area contributed by atoms with Gasteiger partial charge in [0.15, 0.2) is 11.7 Å². The summed E-state index contributed by atoms with van der Waals surface area (Å²) in [4.78, 5) is 28.5. The average molecular weight is 500 g/mol. The largest absolute Gasteiger partial charge is 0.443 e. The first-order valence-corrected chi connectivity index (χ1v) is 12.2. The molecule has 3 aromatic rings. The Bertz CT molecular complexity index is 1210. The predicted octanol–water partition coefficient (Wildman–Crippen LogP) is 4.39. The minimum atomic E-state index is -0.716. The van der Waals surface area contributed by atoms with Gasteiger partial charge in [0.25, 0.3) is 0 Å². The van der Waals surface area contributed by atoms with Crippen molar-refractivity contribution in [1.29, 1.82) is 0 Å². The number of nitrogens with one attached hydrogen (secondary N) is 1. The van der Waals surface area contributed by atoms with Crippen molar-refractivity contribution in [3.63, 3.8) is 0 Å². The van der Waals surface area contributed by atoms with Gasteiger partial charge in [-0.25, -0.2) is 24.1 Å². The molecule has 0 saturated carbocycles. The average Bonchev–Trinajstić information content (AvgIpc) is 3.30. The van der Waals surface area contributed by atoms with E-state index in [1.165, 1.54) is 18.3 Å².